The number of aliphatic hydroxyl groups excluding tert-OH is 1. The molecule has 2 aromatic rings. The number of Topliss-reactive ketones (excluding diaryl/α,β-unsaturated/α-hetero) is 1. The first-order valence-corrected chi connectivity index (χ1v) is 20.0. The van der Waals surface area contributed by atoms with Gasteiger partial charge in [0.25, 0.3) is 0 Å². The van der Waals surface area contributed by atoms with Crippen LogP contribution in [0.4, 0.5) is 0 Å². The molecule has 0 amide bonds. The summed E-state index contributed by atoms with van der Waals surface area (Å²) in [7, 11) is 3.86. The van der Waals surface area contributed by atoms with Gasteiger partial charge < -0.3 is 43.6 Å². The number of nitrogens with zero attached hydrogens (tertiary/aromatic N) is 4. The SMILES string of the molecule is CC[C@H]1OC(=O)[C@H](C)[C@H]2OCC(Cc3ccc(-n4cccn4)[n+]([O-])c3)CO[C@](C)(C[C@@H](C)C3OC1(C)C(=O)C3C)[C@H](O[C@@H]1O[C@H](C)C[C@H](N(C)C)[C@H]1O)[C@@H]2C. The molecule has 15 atom stereocenters. The summed E-state index contributed by atoms with van der Waals surface area (Å²) in [4.78, 5) is 30.2. The van der Waals surface area contributed by atoms with Crippen LogP contribution in [0.3, 0.4) is 0 Å². The summed E-state index contributed by atoms with van der Waals surface area (Å²) in [5, 5.41) is 29.0. The molecule has 0 aromatic carbocycles. The molecule has 4 aliphatic heterocycles. The second-order valence-corrected chi connectivity index (χ2v) is 17.3. The lowest BCUT2D eigenvalue weighted by Crippen LogP contribution is -2.59. The molecule has 4 saturated heterocycles. The van der Waals surface area contributed by atoms with E-state index in [0.29, 0.717) is 31.5 Å². The van der Waals surface area contributed by atoms with E-state index in [9.17, 15) is 19.9 Å². The number of carbonyl (C=O) groups is 2. The zero-order valence-electron chi connectivity index (χ0n) is 34.1. The van der Waals surface area contributed by atoms with Gasteiger partial charge in [0.15, 0.2) is 17.7 Å². The van der Waals surface area contributed by atoms with Crippen molar-refractivity contribution in [3.8, 4) is 5.82 Å². The van der Waals surface area contributed by atoms with Crippen molar-refractivity contribution in [2.45, 2.75) is 141 Å². The molecular weight excluding hydrogens is 708 g/mol. The third-order valence-electron chi connectivity index (χ3n) is 12.7. The highest BCUT2D eigenvalue weighted by molar-refractivity contribution is 5.92. The minimum absolute atomic E-state index is 0.0914. The van der Waals surface area contributed by atoms with E-state index in [1.165, 1.54) is 4.68 Å². The van der Waals surface area contributed by atoms with E-state index >= 15 is 0 Å². The number of ether oxygens (including phenoxy) is 6. The maximum absolute atomic E-state index is 14.2. The van der Waals surface area contributed by atoms with Crippen molar-refractivity contribution in [2.75, 3.05) is 27.3 Å². The zero-order valence-corrected chi connectivity index (χ0v) is 34.1. The van der Waals surface area contributed by atoms with Gasteiger partial charge in [-0.1, -0.05) is 32.8 Å². The molecule has 14 nitrogen and oxygen atoms in total. The normalized spacial score (nSPS) is 41.8. The number of hydrogen-bond donors (Lipinski definition) is 1. The Morgan fingerprint density at radius 3 is 2.49 bits per heavy atom. The summed E-state index contributed by atoms with van der Waals surface area (Å²) < 4.78 is 42.4. The van der Waals surface area contributed by atoms with Gasteiger partial charge in [-0.3, -0.25) is 9.59 Å². The Morgan fingerprint density at radius 2 is 1.84 bits per heavy atom. The topological polar surface area (TPSA) is 158 Å². The number of aliphatic hydroxyl groups is 1. The maximum Gasteiger partial charge on any atom is 0.311 e. The summed E-state index contributed by atoms with van der Waals surface area (Å²) in [6.45, 7) is 15.8. The van der Waals surface area contributed by atoms with Gasteiger partial charge in [-0.25, -0.2) is 4.73 Å². The van der Waals surface area contributed by atoms with Crippen molar-refractivity contribution in [3.63, 3.8) is 0 Å². The van der Waals surface area contributed by atoms with Crippen LogP contribution in [-0.2, 0) is 44.4 Å². The third kappa shape index (κ3) is 8.23. The largest absolute Gasteiger partial charge is 0.711 e. The summed E-state index contributed by atoms with van der Waals surface area (Å²) in [6.07, 6.45) is 1.90. The maximum atomic E-state index is 14.2. The summed E-state index contributed by atoms with van der Waals surface area (Å²) in [5.41, 5.74) is -1.57. The Kier molecular flexibility index (Phi) is 12.5. The van der Waals surface area contributed by atoms with E-state index in [-0.39, 0.29) is 43.0 Å². The number of rotatable bonds is 7. The van der Waals surface area contributed by atoms with Crippen molar-refractivity contribution < 1.29 is 47.8 Å². The fourth-order valence-electron chi connectivity index (χ4n) is 9.69. The van der Waals surface area contributed by atoms with Crippen molar-refractivity contribution in [2.24, 2.45) is 29.6 Å². The molecule has 0 radical (unpaired) electrons. The molecule has 0 aliphatic carbocycles. The number of cyclic esters (lactones) is 1. The molecule has 306 valence electrons. The van der Waals surface area contributed by atoms with Gasteiger partial charge in [0, 0.05) is 35.9 Å². The van der Waals surface area contributed by atoms with Crippen LogP contribution in [0.15, 0.2) is 36.8 Å². The Balaban J connectivity index is 1.41. The molecule has 14 heteroatoms. The van der Waals surface area contributed by atoms with Crippen molar-refractivity contribution in [1.29, 1.82) is 0 Å². The second kappa shape index (κ2) is 16.5. The van der Waals surface area contributed by atoms with Crippen molar-refractivity contribution in [1.82, 2.24) is 14.7 Å². The van der Waals surface area contributed by atoms with Gasteiger partial charge in [0.2, 0.25) is 0 Å². The van der Waals surface area contributed by atoms with Crippen molar-refractivity contribution in [3.05, 3.63) is 47.6 Å². The van der Waals surface area contributed by atoms with Gasteiger partial charge in [0.05, 0.1) is 61.5 Å². The summed E-state index contributed by atoms with van der Waals surface area (Å²) >= 11 is 0. The highest BCUT2D eigenvalue weighted by atomic mass is 16.7. The van der Waals surface area contributed by atoms with Crippen LogP contribution >= 0.6 is 0 Å². The van der Waals surface area contributed by atoms with E-state index in [1.54, 1.807) is 44.6 Å². The number of hydrogen-bond acceptors (Lipinski definition) is 12. The fourth-order valence-corrected chi connectivity index (χ4v) is 9.69. The van der Waals surface area contributed by atoms with E-state index < -0.39 is 71.7 Å². The molecule has 6 heterocycles. The Morgan fingerprint density at radius 1 is 1.09 bits per heavy atom. The molecule has 4 bridgehead atoms. The molecule has 1 N–H and O–H groups in total. The highest BCUT2D eigenvalue weighted by Crippen LogP contribution is 2.45. The Bertz CT molecular complexity index is 1640. The lowest BCUT2D eigenvalue weighted by atomic mass is 9.75. The first-order chi connectivity index (χ1) is 26.0. The average molecular weight is 771 g/mol. The quantitative estimate of drug-likeness (QED) is 0.248. The smallest absolute Gasteiger partial charge is 0.311 e. The Hall–Kier alpha value is -2.98. The van der Waals surface area contributed by atoms with E-state index in [0.717, 1.165) is 10.3 Å². The highest BCUT2D eigenvalue weighted by Gasteiger charge is 2.58. The van der Waals surface area contributed by atoms with E-state index in [2.05, 4.69) is 12.0 Å². The predicted octanol–water partition coefficient (Wildman–Crippen LogP) is 3.65. The number of fused-ring (bicyclic) bond motifs is 5. The van der Waals surface area contributed by atoms with Crippen LogP contribution in [0.1, 0.15) is 80.2 Å². The lowest BCUT2D eigenvalue weighted by molar-refractivity contribution is -0.600. The van der Waals surface area contributed by atoms with Gasteiger partial charge in [-0.15, -0.1) is 4.68 Å². The van der Waals surface area contributed by atoms with Crippen LogP contribution in [0, 0.1) is 34.8 Å². The van der Waals surface area contributed by atoms with Crippen LogP contribution in [0.5, 0.6) is 0 Å². The number of ketones is 1. The number of likely N-dealkylation sites (N-methyl/N-ethyl adjacent to an activating group) is 1. The van der Waals surface area contributed by atoms with Gasteiger partial charge >= 0.3 is 11.8 Å². The number of aromatic nitrogens is 3. The lowest BCUT2D eigenvalue weighted by Gasteiger charge is -2.48. The second-order valence-electron chi connectivity index (χ2n) is 17.3. The molecule has 0 saturated carbocycles. The zero-order chi connectivity index (χ0) is 40.0. The molecule has 2 aromatic heterocycles. The molecular formula is C41H62N4O10. The first kappa shape index (κ1) is 41.6. The molecule has 4 fully saturated rings. The molecule has 4 unspecified atom stereocenters. The minimum Gasteiger partial charge on any atom is -0.711 e. The van der Waals surface area contributed by atoms with E-state index in [1.807, 2.05) is 59.7 Å². The molecule has 55 heavy (non-hydrogen) atoms. The fraction of sp³-hybridized carbons (Fsp3) is 0.756. The molecule has 0 spiro atoms. The molecule has 4 aliphatic rings. The number of pyridine rings is 1. The molecule has 6 rings (SSSR count). The monoisotopic (exact) mass is 770 g/mol. The minimum atomic E-state index is -1.31. The summed E-state index contributed by atoms with van der Waals surface area (Å²) in [5.74, 6) is -2.34. The van der Waals surface area contributed by atoms with Gasteiger partial charge in [-0.2, -0.15) is 0 Å². The first-order valence-electron chi connectivity index (χ1n) is 20.0. The van der Waals surface area contributed by atoms with Gasteiger partial charge in [-0.05, 0) is 85.0 Å². The predicted molar refractivity (Wildman–Crippen MR) is 201 cm³/mol. The van der Waals surface area contributed by atoms with Crippen molar-refractivity contribution >= 4 is 11.8 Å². The van der Waals surface area contributed by atoms with Crippen LogP contribution in [0.25, 0.3) is 5.82 Å². The van der Waals surface area contributed by atoms with E-state index in [4.69, 9.17) is 28.4 Å². The van der Waals surface area contributed by atoms with Gasteiger partial charge in [0.1, 0.15) is 18.4 Å². The standard InChI is InChI=1S/C41H62N4O10/c1-11-31-41(8)36(47)25(4)34(55-41)23(2)19-40(7)37(54-39-33(46)30(43(9)10)17-24(3)52-39)26(5)35(27(6)38(48)53-31)50-21-29(22-51-40)18-28-13-14-32(45(49)20-28)44-16-12-15-42-44/h12-16,20,23-27,29-31,33-35,37,39,46H,11,17-19,21-22H2,1-10H3/t23-,24-,25?,26-,27-,29?,30+,31-,33-,34?,35+,37-,39+,40-,41?/m1/s1. The average Bonchev–Trinajstić information content (AvgIpc) is 3.76. The van der Waals surface area contributed by atoms with Crippen LogP contribution in [0.2, 0.25) is 0 Å². The third-order valence-corrected chi connectivity index (χ3v) is 12.7. The number of esters is 1. The van der Waals surface area contributed by atoms with Crippen LogP contribution < -0.4 is 4.73 Å². The van der Waals surface area contributed by atoms with Crippen LogP contribution in [-0.4, -0.2) is 119 Å². The summed E-state index contributed by atoms with van der Waals surface area (Å²) in [6, 6.07) is 5.19. The Labute approximate surface area is 325 Å². The number of carbonyl (C=O) groups excluding carboxylic acids is 2.